The highest BCUT2D eigenvalue weighted by molar-refractivity contribution is 5.93. The Morgan fingerprint density at radius 2 is 1.65 bits per heavy atom. The van der Waals surface area contributed by atoms with Gasteiger partial charge >= 0.3 is 6.09 Å². The Labute approximate surface area is 154 Å². The molecule has 0 N–H and O–H groups in total. The van der Waals surface area contributed by atoms with Gasteiger partial charge in [-0.25, -0.2) is 4.79 Å². The third kappa shape index (κ3) is 4.45. The number of hydrogen-bond donors (Lipinski definition) is 0. The normalized spacial score (nSPS) is 18.4. The van der Waals surface area contributed by atoms with E-state index in [1.165, 1.54) is 25.7 Å². The van der Waals surface area contributed by atoms with Crippen LogP contribution in [0.1, 0.15) is 43.1 Å². The van der Waals surface area contributed by atoms with Crippen LogP contribution in [0.25, 0.3) is 0 Å². The van der Waals surface area contributed by atoms with E-state index in [4.69, 9.17) is 4.74 Å². The first-order valence-corrected chi connectivity index (χ1v) is 9.61. The predicted molar refractivity (Wildman–Crippen MR) is 99.4 cm³/mol. The smallest absolute Gasteiger partial charge is 0.409 e. The van der Waals surface area contributed by atoms with Crippen molar-refractivity contribution in [3.8, 4) is 0 Å². The van der Waals surface area contributed by atoms with E-state index < -0.39 is 0 Å². The molecule has 0 unspecified atom stereocenters. The number of nitrogens with zero attached hydrogens (tertiary/aromatic N) is 4. The average Bonchev–Trinajstić information content (AvgIpc) is 2.97. The van der Waals surface area contributed by atoms with Crippen LogP contribution in [0, 0.1) is 0 Å². The first-order chi connectivity index (χ1) is 12.7. The van der Waals surface area contributed by atoms with Crippen molar-refractivity contribution in [2.45, 2.75) is 32.6 Å². The molecular weight excluding hydrogens is 332 g/mol. The number of carbonyl (C=O) groups excluding carboxylic acids is 2. The Morgan fingerprint density at radius 3 is 2.31 bits per heavy atom. The topological polar surface area (TPSA) is 66.0 Å². The lowest BCUT2D eigenvalue weighted by Gasteiger charge is -2.34. The molecule has 3 rings (SSSR count). The van der Waals surface area contributed by atoms with E-state index in [1.807, 2.05) is 12.1 Å². The maximum Gasteiger partial charge on any atom is 0.409 e. The summed E-state index contributed by atoms with van der Waals surface area (Å²) in [5.74, 6) is -0.0646. The van der Waals surface area contributed by atoms with Gasteiger partial charge in [-0.1, -0.05) is 12.8 Å². The highest BCUT2D eigenvalue weighted by Crippen LogP contribution is 2.20. The molecule has 7 nitrogen and oxygen atoms in total. The molecule has 0 saturated carbocycles. The van der Waals surface area contributed by atoms with Gasteiger partial charge in [0.05, 0.1) is 6.61 Å². The van der Waals surface area contributed by atoms with Crippen LogP contribution in [-0.4, -0.2) is 72.7 Å². The number of pyridine rings is 1. The molecule has 1 aromatic heterocycles. The Bertz CT molecular complexity index is 621. The van der Waals surface area contributed by atoms with Crippen LogP contribution in [0.2, 0.25) is 0 Å². The first kappa shape index (κ1) is 18.5. The molecule has 2 saturated heterocycles. The zero-order valence-corrected chi connectivity index (χ0v) is 15.5. The van der Waals surface area contributed by atoms with Gasteiger partial charge in [-0.15, -0.1) is 0 Å². The van der Waals surface area contributed by atoms with Crippen molar-refractivity contribution >= 4 is 17.7 Å². The van der Waals surface area contributed by atoms with Crippen molar-refractivity contribution < 1.29 is 14.3 Å². The van der Waals surface area contributed by atoms with Crippen LogP contribution < -0.4 is 4.90 Å². The third-order valence-corrected chi connectivity index (χ3v) is 5.03. The van der Waals surface area contributed by atoms with Gasteiger partial charge in [0.15, 0.2) is 0 Å². The summed E-state index contributed by atoms with van der Waals surface area (Å²) >= 11 is 0. The molecule has 2 aliphatic rings. The van der Waals surface area contributed by atoms with Gasteiger partial charge in [-0.3, -0.25) is 9.78 Å². The number of rotatable bonds is 3. The molecule has 2 fully saturated rings. The SMILES string of the molecule is CCOC(=O)N1CCN(C(=O)c2cc(N3CCCCCC3)ccn2)CC1. The number of anilines is 1. The molecule has 1 aromatic rings. The Hall–Kier alpha value is -2.31. The van der Waals surface area contributed by atoms with Crippen molar-refractivity contribution in [1.29, 1.82) is 0 Å². The summed E-state index contributed by atoms with van der Waals surface area (Å²) in [5, 5.41) is 0. The zero-order valence-electron chi connectivity index (χ0n) is 15.5. The van der Waals surface area contributed by atoms with E-state index in [1.54, 1.807) is 22.9 Å². The van der Waals surface area contributed by atoms with Crippen LogP contribution in [0.4, 0.5) is 10.5 Å². The summed E-state index contributed by atoms with van der Waals surface area (Å²) in [4.78, 5) is 34.6. The van der Waals surface area contributed by atoms with Crippen LogP contribution in [0.5, 0.6) is 0 Å². The van der Waals surface area contributed by atoms with E-state index in [0.29, 0.717) is 38.5 Å². The summed E-state index contributed by atoms with van der Waals surface area (Å²) in [6.07, 6.45) is 6.36. The van der Waals surface area contributed by atoms with Gasteiger partial charge in [0.1, 0.15) is 5.69 Å². The Kier molecular flexibility index (Phi) is 6.30. The number of piperazine rings is 1. The second-order valence-electron chi connectivity index (χ2n) is 6.78. The van der Waals surface area contributed by atoms with Crippen LogP contribution in [-0.2, 0) is 4.74 Å². The van der Waals surface area contributed by atoms with Crippen molar-refractivity contribution in [2.75, 3.05) is 50.8 Å². The molecule has 0 aromatic carbocycles. The summed E-state index contributed by atoms with van der Waals surface area (Å²) in [7, 11) is 0. The van der Waals surface area contributed by atoms with Gasteiger partial charge in [0.25, 0.3) is 5.91 Å². The minimum absolute atomic E-state index is 0.0646. The van der Waals surface area contributed by atoms with E-state index >= 15 is 0 Å². The second kappa shape index (κ2) is 8.87. The molecule has 0 atom stereocenters. The van der Waals surface area contributed by atoms with Crippen LogP contribution >= 0.6 is 0 Å². The predicted octanol–water partition coefficient (Wildman–Crippen LogP) is 2.38. The lowest BCUT2D eigenvalue weighted by Crippen LogP contribution is -2.50. The van der Waals surface area contributed by atoms with E-state index in [-0.39, 0.29) is 12.0 Å². The van der Waals surface area contributed by atoms with E-state index in [9.17, 15) is 9.59 Å². The highest BCUT2D eigenvalue weighted by atomic mass is 16.6. The minimum atomic E-state index is -0.305. The molecular formula is C19H28N4O3. The number of aromatic nitrogens is 1. The van der Waals surface area contributed by atoms with Crippen molar-refractivity contribution in [1.82, 2.24) is 14.8 Å². The molecule has 0 spiro atoms. The standard InChI is InChI=1S/C19H28N4O3/c1-2-26-19(25)23-13-11-22(12-14-23)18(24)17-15-16(7-8-20-17)21-9-5-3-4-6-10-21/h7-8,15H,2-6,9-14H2,1H3. The van der Waals surface area contributed by atoms with Gasteiger partial charge in [0, 0.05) is 51.2 Å². The molecule has 142 valence electrons. The largest absolute Gasteiger partial charge is 0.450 e. The fourth-order valence-corrected chi connectivity index (χ4v) is 3.53. The quantitative estimate of drug-likeness (QED) is 0.828. The molecule has 0 radical (unpaired) electrons. The summed E-state index contributed by atoms with van der Waals surface area (Å²) in [6.45, 7) is 6.24. The lowest BCUT2D eigenvalue weighted by molar-refractivity contribution is 0.0566. The number of ether oxygens (including phenoxy) is 1. The third-order valence-electron chi connectivity index (χ3n) is 5.03. The van der Waals surface area contributed by atoms with Crippen LogP contribution in [0.15, 0.2) is 18.3 Å². The fourth-order valence-electron chi connectivity index (χ4n) is 3.53. The highest BCUT2D eigenvalue weighted by Gasteiger charge is 2.26. The first-order valence-electron chi connectivity index (χ1n) is 9.61. The van der Waals surface area contributed by atoms with Crippen molar-refractivity contribution in [3.63, 3.8) is 0 Å². The lowest BCUT2D eigenvalue weighted by atomic mass is 10.2. The van der Waals surface area contributed by atoms with Crippen LogP contribution in [0.3, 0.4) is 0 Å². The summed E-state index contributed by atoms with van der Waals surface area (Å²) in [5.41, 5.74) is 1.56. The van der Waals surface area contributed by atoms with Crippen molar-refractivity contribution in [3.05, 3.63) is 24.0 Å². The maximum atomic E-state index is 12.8. The zero-order chi connectivity index (χ0) is 18.4. The van der Waals surface area contributed by atoms with Gasteiger partial charge in [-0.2, -0.15) is 0 Å². The molecule has 2 amide bonds. The minimum Gasteiger partial charge on any atom is -0.450 e. The number of hydrogen-bond acceptors (Lipinski definition) is 5. The average molecular weight is 360 g/mol. The van der Waals surface area contributed by atoms with Gasteiger partial charge < -0.3 is 19.4 Å². The van der Waals surface area contributed by atoms with Gasteiger partial charge in [-0.05, 0) is 31.9 Å². The number of amides is 2. The maximum absolute atomic E-state index is 12.8. The van der Waals surface area contributed by atoms with Gasteiger partial charge in [0.2, 0.25) is 0 Å². The Morgan fingerprint density at radius 1 is 1.00 bits per heavy atom. The molecule has 3 heterocycles. The second-order valence-corrected chi connectivity index (χ2v) is 6.78. The Balaban J connectivity index is 1.61. The fraction of sp³-hybridized carbons (Fsp3) is 0.632. The molecule has 0 aliphatic carbocycles. The summed E-state index contributed by atoms with van der Waals surface area (Å²) < 4.78 is 5.02. The van der Waals surface area contributed by atoms with E-state index in [2.05, 4.69) is 9.88 Å². The van der Waals surface area contributed by atoms with Crippen molar-refractivity contribution in [2.24, 2.45) is 0 Å². The molecule has 2 aliphatic heterocycles. The van der Waals surface area contributed by atoms with E-state index in [0.717, 1.165) is 18.8 Å². The molecule has 26 heavy (non-hydrogen) atoms. The molecule has 0 bridgehead atoms. The molecule has 7 heteroatoms. The monoisotopic (exact) mass is 360 g/mol. The number of carbonyl (C=O) groups is 2. The summed E-state index contributed by atoms with van der Waals surface area (Å²) in [6, 6.07) is 3.90.